The molecule has 0 aliphatic heterocycles. The molecule has 3 N–H and O–H groups in total. The first-order chi connectivity index (χ1) is 12.8. The third-order valence-electron chi connectivity index (χ3n) is 3.22. The largest absolute Gasteiger partial charge is 0.435 e. The van der Waals surface area contributed by atoms with Gasteiger partial charge in [0.2, 0.25) is 0 Å². The molecular formula is C17H15Cl2F2N3O3. The first-order valence-corrected chi connectivity index (χ1v) is 8.43. The van der Waals surface area contributed by atoms with Crippen molar-refractivity contribution >= 4 is 40.8 Å². The van der Waals surface area contributed by atoms with E-state index in [1.165, 1.54) is 42.5 Å². The maximum atomic E-state index is 12.1. The van der Waals surface area contributed by atoms with Crippen molar-refractivity contribution in [2.45, 2.75) is 6.61 Å². The number of carbonyl (C=O) groups excluding carboxylic acids is 2. The van der Waals surface area contributed by atoms with Crippen LogP contribution in [0, 0.1) is 0 Å². The molecule has 10 heteroatoms. The molecule has 2 rings (SSSR count). The number of rotatable bonds is 7. The van der Waals surface area contributed by atoms with E-state index in [9.17, 15) is 18.4 Å². The van der Waals surface area contributed by atoms with Gasteiger partial charge >= 0.3 is 12.6 Å². The lowest BCUT2D eigenvalue weighted by atomic mass is 10.2. The maximum absolute atomic E-state index is 12.1. The highest BCUT2D eigenvalue weighted by Gasteiger charge is 2.08. The number of hydrogen-bond donors (Lipinski definition) is 3. The van der Waals surface area contributed by atoms with Crippen LogP contribution in [-0.4, -0.2) is 31.6 Å². The zero-order chi connectivity index (χ0) is 19.8. The van der Waals surface area contributed by atoms with E-state index in [0.29, 0.717) is 16.3 Å². The number of urea groups is 1. The van der Waals surface area contributed by atoms with Crippen LogP contribution < -0.4 is 20.7 Å². The van der Waals surface area contributed by atoms with E-state index < -0.39 is 12.6 Å². The van der Waals surface area contributed by atoms with Gasteiger partial charge in [0.05, 0.1) is 10.0 Å². The second kappa shape index (κ2) is 9.94. The normalized spacial score (nSPS) is 10.4. The standard InChI is InChI=1S/C17H15Cl2F2N3O3/c18-13-6-1-10(9-14(13)19)15(25)22-7-8-23-17(26)24-11-2-4-12(5-3-11)27-16(20)21/h1-6,9,16H,7-8H2,(H,22,25)(H2,23,24,26). The maximum Gasteiger partial charge on any atom is 0.387 e. The average molecular weight is 418 g/mol. The van der Waals surface area contributed by atoms with Crippen LogP contribution in [0.1, 0.15) is 10.4 Å². The summed E-state index contributed by atoms with van der Waals surface area (Å²) in [6.45, 7) is -2.55. The highest BCUT2D eigenvalue weighted by molar-refractivity contribution is 6.42. The van der Waals surface area contributed by atoms with E-state index in [1.807, 2.05) is 0 Å². The molecule has 144 valence electrons. The lowest BCUT2D eigenvalue weighted by Crippen LogP contribution is -2.36. The van der Waals surface area contributed by atoms with Crippen molar-refractivity contribution in [3.8, 4) is 5.75 Å². The molecule has 2 aromatic rings. The van der Waals surface area contributed by atoms with Crippen LogP contribution in [0.25, 0.3) is 0 Å². The highest BCUT2D eigenvalue weighted by atomic mass is 35.5. The van der Waals surface area contributed by atoms with E-state index in [2.05, 4.69) is 20.7 Å². The molecule has 0 saturated heterocycles. The molecule has 0 bridgehead atoms. The van der Waals surface area contributed by atoms with Gasteiger partial charge in [-0.1, -0.05) is 23.2 Å². The summed E-state index contributed by atoms with van der Waals surface area (Å²) in [7, 11) is 0. The Hall–Kier alpha value is -2.58. The van der Waals surface area contributed by atoms with Crippen molar-refractivity contribution in [1.29, 1.82) is 0 Å². The van der Waals surface area contributed by atoms with E-state index in [1.54, 1.807) is 0 Å². The molecule has 0 spiro atoms. The molecule has 0 unspecified atom stereocenters. The zero-order valence-electron chi connectivity index (χ0n) is 13.8. The molecule has 0 aliphatic rings. The quantitative estimate of drug-likeness (QED) is 0.592. The molecule has 3 amide bonds. The molecule has 6 nitrogen and oxygen atoms in total. The molecule has 0 aromatic heterocycles. The Kier molecular flexibility index (Phi) is 7.63. The van der Waals surface area contributed by atoms with Gasteiger partial charge in [-0.3, -0.25) is 4.79 Å². The highest BCUT2D eigenvalue weighted by Crippen LogP contribution is 2.22. The molecule has 0 aliphatic carbocycles. The average Bonchev–Trinajstić information content (AvgIpc) is 2.62. The fraction of sp³-hybridized carbons (Fsp3) is 0.176. The number of hydrogen-bond acceptors (Lipinski definition) is 3. The van der Waals surface area contributed by atoms with Gasteiger partial charge in [0.1, 0.15) is 5.75 Å². The minimum atomic E-state index is -2.91. The summed E-state index contributed by atoms with van der Waals surface area (Å²) in [5.41, 5.74) is 0.744. The number of halogens is 4. The summed E-state index contributed by atoms with van der Waals surface area (Å²) >= 11 is 11.6. The number of carbonyl (C=O) groups is 2. The lowest BCUT2D eigenvalue weighted by Gasteiger charge is -2.10. The van der Waals surface area contributed by atoms with Gasteiger partial charge in [-0.2, -0.15) is 8.78 Å². The van der Waals surface area contributed by atoms with Gasteiger partial charge < -0.3 is 20.7 Å². The van der Waals surface area contributed by atoms with Crippen LogP contribution in [0.3, 0.4) is 0 Å². The van der Waals surface area contributed by atoms with Crippen molar-refractivity contribution in [2.75, 3.05) is 18.4 Å². The van der Waals surface area contributed by atoms with Crippen molar-refractivity contribution in [3.05, 3.63) is 58.1 Å². The van der Waals surface area contributed by atoms with Crippen molar-refractivity contribution in [2.24, 2.45) is 0 Å². The second-order valence-corrected chi connectivity index (χ2v) is 5.98. The Bertz CT molecular complexity index is 805. The van der Waals surface area contributed by atoms with E-state index in [0.717, 1.165) is 0 Å². The predicted molar refractivity (Wildman–Crippen MR) is 98.9 cm³/mol. The van der Waals surface area contributed by atoms with E-state index >= 15 is 0 Å². The first-order valence-electron chi connectivity index (χ1n) is 7.68. The second-order valence-electron chi connectivity index (χ2n) is 5.17. The third-order valence-corrected chi connectivity index (χ3v) is 3.95. The smallest absolute Gasteiger partial charge is 0.387 e. The van der Waals surface area contributed by atoms with Crippen molar-refractivity contribution in [3.63, 3.8) is 0 Å². The zero-order valence-corrected chi connectivity index (χ0v) is 15.3. The molecule has 0 fully saturated rings. The Morgan fingerprint density at radius 1 is 0.963 bits per heavy atom. The van der Waals surface area contributed by atoms with E-state index in [4.69, 9.17) is 23.2 Å². The van der Waals surface area contributed by atoms with Gasteiger partial charge in [0.25, 0.3) is 5.91 Å². The van der Waals surface area contributed by atoms with Gasteiger partial charge in [-0.25, -0.2) is 4.79 Å². The Morgan fingerprint density at radius 2 is 1.63 bits per heavy atom. The van der Waals surface area contributed by atoms with Crippen LogP contribution in [0.4, 0.5) is 19.3 Å². The summed E-state index contributed by atoms with van der Waals surface area (Å²) in [6.07, 6.45) is 0. The van der Waals surface area contributed by atoms with Crippen molar-refractivity contribution in [1.82, 2.24) is 10.6 Å². The molecule has 0 saturated carbocycles. The molecule has 0 heterocycles. The van der Waals surface area contributed by atoms with Crippen LogP contribution in [0.15, 0.2) is 42.5 Å². The van der Waals surface area contributed by atoms with Gasteiger partial charge in [-0.15, -0.1) is 0 Å². The number of amides is 3. The Balaban J connectivity index is 1.71. The summed E-state index contributed by atoms with van der Waals surface area (Å²) in [5, 5.41) is 8.30. The Morgan fingerprint density at radius 3 is 2.26 bits per heavy atom. The first kappa shape index (κ1) is 20.7. The van der Waals surface area contributed by atoms with Crippen LogP contribution >= 0.6 is 23.2 Å². The monoisotopic (exact) mass is 417 g/mol. The third kappa shape index (κ3) is 6.92. The topological polar surface area (TPSA) is 79.5 Å². The summed E-state index contributed by atoms with van der Waals surface area (Å²) < 4.78 is 28.3. The molecule has 2 aromatic carbocycles. The fourth-order valence-corrected chi connectivity index (χ4v) is 2.28. The number of benzene rings is 2. The Labute approximate surface area is 163 Å². The van der Waals surface area contributed by atoms with Crippen LogP contribution in [0.5, 0.6) is 5.75 Å². The van der Waals surface area contributed by atoms with Gasteiger partial charge in [0.15, 0.2) is 0 Å². The lowest BCUT2D eigenvalue weighted by molar-refractivity contribution is -0.0498. The summed E-state index contributed by atoms with van der Waals surface area (Å²) in [4.78, 5) is 23.7. The predicted octanol–water partition coefficient (Wildman–Crippen LogP) is 4.15. The van der Waals surface area contributed by atoms with Gasteiger partial charge in [-0.05, 0) is 42.5 Å². The SMILES string of the molecule is O=C(NCCNC(=O)c1ccc(Cl)c(Cl)c1)Nc1ccc(OC(F)F)cc1. The summed E-state index contributed by atoms with van der Waals surface area (Å²) in [6, 6.07) is 9.43. The van der Waals surface area contributed by atoms with E-state index in [-0.39, 0.29) is 29.8 Å². The van der Waals surface area contributed by atoms with Gasteiger partial charge in [0, 0.05) is 24.3 Å². The fourth-order valence-electron chi connectivity index (χ4n) is 1.99. The minimum Gasteiger partial charge on any atom is -0.435 e. The number of nitrogens with one attached hydrogen (secondary N) is 3. The number of alkyl halides is 2. The minimum absolute atomic E-state index is 0.0130. The molecular weight excluding hydrogens is 403 g/mol. The van der Waals surface area contributed by atoms with Crippen LogP contribution in [-0.2, 0) is 0 Å². The van der Waals surface area contributed by atoms with Crippen molar-refractivity contribution < 1.29 is 23.1 Å². The number of anilines is 1. The molecule has 27 heavy (non-hydrogen) atoms. The van der Waals surface area contributed by atoms with Crippen LogP contribution in [0.2, 0.25) is 10.0 Å². The summed E-state index contributed by atoms with van der Waals surface area (Å²) in [5.74, 6) is -0.369. The molecule has 0 atom stereocenters. The molecule has 0 radical (unpaired) electrons. The number of ether oxygens (including phenoxy) is 1.